The Morgan fingerprint density at radius 2 is 2.15 bits per heavy atom. The summed E-state index contributed by atoms with van der Waals surface area (Å²) in [5, 5.41) is 8.88. The number of fused-ring (bicyclic) bond motifs is 1. The fourth-order valence-electron chi connectivity index (χ4n) is 1.96. The molecule has 0 atom stereocenters. The van der Waals surface area contributed by atoms with E-state index >= 15 is 0 Å². The van der Waals surface area contributed by atoms with Gasteiger partial charge in [0.1, 0.15) is 5.82 Å². The summed E-state index contributed by atoms with van der Waals surface area (Å²) in [5.41, 5.74) is 3.55. The van der Waals surface area contributed by atoms with Gasteiger partial charge in [0.2, 0.25) is 0 Å². The van der Waals surface area contributed by atoms with Gasteiger partial charge < -0.3 is 5.11 Å². The molecule has 13 heavy (non-hydrogen) atoms. The van der Waals surface area contributed by atoms with E-state index in [1.165, 1.54) is 17.7 Å². The Kier molecular flexibility index (Phi) is 2.27. The minimum atomic E-state index is 0.183. The van der Waals surface area contributed by atoms with Crippen LogP contribution < -0.4 is 0 Å². The van der Waals surface area contributed by atoms with E-state index in [1.807, 2.05) is 6.92 Å². The Hall–Kier alpha value is -0.960. The molecule has 1 N–H and O–H groups in total. The van der Waals surface area contributed by atoms with Gasteiger partial charge in [-0.2, -0.15) is 0 Å². The van der Waals surface area contributed by atoms with E-state index in [2.05, 4.69) is 9.97 Å². The fraction of sp³-hybridized carbons (Fsp3) is 0.600. The van der Waals surface area contributed by atoms with E-state index < -0.39 is 0 Å². The molecule has 0 aromatic carbocycles. The third-order valence-corrected chi connectivity index (χ3v) is 2.48. The van der Waals surface area contributed by atoms with Crippen LogP contribution >= 0.6 is 0 Å². The molecule has 0 saturated carbocycles. The van der Waals surface area contributed by atoms with Crippen molar-refractivity contribution in [2.75, 3.05) is 6.61 Å². The van der Waals surface area contributed by atoms with Crippen molar-refractivity contribution in [3.05, 3.63) is 22.8 Å². The van der Waals surface area contributed by atoms with Gasteiger partial charge in [0.15, 0.2) is 0 Å². The molecule has 3 heteroatoms. The maximum atomic E-state index is 8.88. The van der Waals surface area contributed by atoms with Crippen LogP contribution in [0.15, 0.2) is 0 Å². The van der Waals surface area contributed by atoms with E-state index in [0.29, 0.717) is 6.42 Å². The van der Waals surface area contributed by atoms with Crippen LogP contribution in [0.25, 0.3) is 0 Å². The number of nitrogens with zero attached hydrogens (tertiary/aromatic N) is 2. The normalized spacial score (nSPS) is 14.6. The van der Waals surface area contributed by atoms with E-state index in [1.54, 1.807) is 0 Å². The van der Waals surface area contributed by atoms with E-state index in [0.717, 1.165) is 24.4 Å². The Morgan fingerprint density at radius 1 is 1.31 bits per heavy atom. The molecule has 70 valence electrons. The average Bonchev–Trinajstić information content (AvgIpc) is 2.52. The second-order valence-corrected chi connectivity index (χ2v) is 3.47. The fourth-order valence-corrected chi connectivity index (χ4v) is 1.96. The van der Waals surface area contributed by atoms with Gasteiger partial charge >= 0.3 is 0 Å². The summed E-state index contributed by atoms with van der Waals surface area (Å²) in [6.07, 6.45) is 4.03. The SMILES string of the molecule is Cc1nc(CCO)c2c(n1)CCC2. The van der Waals surface area contributed by atoms with Gasteiger partial charge in [-0.3, -0.25) is 0 Å². The lowest BCUT2D eigenvalue weighted by Crippen LogP contribution is -2.05. The molecule has 0 aliphatic heterocycles. The molecule has 0 unspecified atom stereocenters. The lowest BCUT2D eigenvalue weighted by atomic mass is 10.1. The van der Waals surface area contributed by atoms with Crippen molar-refractivity contribution >= 4 is 0 Å². The van der Waals surface area contributed by atoms with E-state index in [-0.39, 0.29) is 6.61 Å². The monoisotopic (exact) mass is 178 g/mol. The van der Waals surface area contributed by atoms with Gasteiger partial charge in [0.05, 0.1) is 0 Å². The van der Waals surface area contributed by atoms with Gasteiger partial charge in [-0.15, -0.1) is 0 Å². The standard InChI is InChI=1S/C10H14N2O/c1-7-11-9-4-2-3-8(9)10(12-7)5-6-13/h13H,2-6H2,1H3. The molecular weight excluding hydrogens is 164 g/mol. The van der Waals surface area contributed by atoms with Crippen molar-refractivity contribution in [1.82, 2.24) is 9.97 Å². The van der Waals surface area contributed by atoms with Crippen LogP contribution in [-0.4, -0.2) is 21.7 Å². The van der Waals surface area contributed by atoms with Crippen molar-refractivity contribution in [3.8, 4) is 0 Å². The minimum Gasteiger partial charge on any atom is -0.396 e. The third-order valence-electron chi connectivity index (χ3n) is 2.48. The Balaban J connectivity index is 2.43. The number of aliphatic hydroxyl groups excluding tert-OH is 1. The molecule has 0 fully saturated rings. The zero-order valence-electron chi connectivity index (χ0n) is 7.88. The van der Waals surface area contributed by atoms with Gasteiger partial charge in [-0.05, 0) is 31.7 Å². The molecule has 2 rings (SSSR count). The highest BCUT2D eigenvalue weighted by molar-refractivity contribution is 5.30. The highest BCUT2D eigenvalue weighted by atomic mass is 16.3. The van der Waals surface area contributed by atoms with Crippen molar-refractivity contribution in [2.45, 2.75) is 32.6 Å². The molecule has 1 aromatic heterocycles. The number of hydrogen-bond donors (Lipinski definition) is 1. The average molecular weight is 178 g/mol. The Morgan fingerprint density at radius 3 is 2.92 bits per heavy atom. The summed E-state index contributed by atoms with van der Waals surface area (Å²) in [6, 6.07) is 0. The van der Waals surface area contributed by atoms with Crippen LogP contribution in [0, 0.1) is 6.92 Å². The molecular formula is C10H14N2O. The van der Waals surface area contributed by atoms with E-state index in [9.17, 15) is 0 Å². The summed E-state index contributed by atoms with van der Waals surface area (Å²) in [4.78, 5) is 8.77. The molecule has 0 radical (unpaired) electrons. The Bertz CT molecular complexity index is 323. The van der Waals surface area contributed by atoms with Crippen LogP contribution in [-0.2, 0) is 19.3 Å². The van der Waals surface area contributed by atoms with Crippen molar-refractivity contribution in [1.29, 1.82) is 0 Å². The van der Waals surface area contributed by atoms with Crippen molar-refractivity contribution < 1.29 is 5.11 Å². The van der Waals surface area contributed by atoms with Crippen LogP contribution in [0.4, 0.5) is 0 Å². The summed E-state index contributed by atoms with van der Waals surface area (Å²) < 4.78 is 0. The molecule has 0 saturated heterocycles. The molecule has 3 nitrogen and oxygen atoms in total. The first kappa shape index (κ1) is 8.63. The molecule has 1 aliphatic rings. The molecule has 1 aromatic rings. The molecule has 0 bridgehead atoms. The summed E-state index contributed by atoms with van der Waals surface area (Å²) in [5.74, 6) is 0.837. The van der Waals surface area contributed by atoms with Crippen LogP contribution in [0.3, 0.4) is 0 Å². The van der Waals surface area contributed by atoms with Gasteiger partial charge in [-0.1, -0.05) is 0 Å². The van der Waals surface area contributed by atoms with Crippen LogP contribution in [0.2, 0.25) is 0 Å². The number of aromatic nitrogens is 2. The summed E-state index contributed by atoms with van der Waals surface area (Å²) in [6.45, 7) is 2.10. The quantitative estimate of drug-likeness (QED) is 0.729. The van der Waals surface area contributed by atoms with Crippen LogP contribution in [0.5, 0.6) is 0 Å². The Labute approximate surface area is 77.8 Å². The summed E-state index contributed by atoms with van der Waals surface area (Å²) in [7, 11) is 0. The second kappa shape index (κ2) is 3.42. The van der Waals surface area contributed by atoms with Crippen molar-refractivity contribution in [3.63, 3.8) is 0 Å². The smallest absolute Gasteiger partial charge is 0.125 e. The van der Waals surface area contributed by atoms with Crippen LogP contribution in [0.1, 0.15) is 29.2 Å². The zero-order valence-corrected chi connectivity index (χ0v) is 7.88. The number of aryl methyl sites for hydroxylation is 2. The number of hydrogen-bond acceptors (Lipinski definition) is 3. The second-order valence-electron chi connectivity index (χ2n) is 3.47. The number of aliphatic hydroxyl groups is 1. The topological polar surface area (TPSA) is 46.0 Å². The first-order valence-electron chi connectivity index (χ1n) is 4.77. The van der Waals surface area contributed by atoms with Gasteiger partial charge in [-0.25, -0.2) is 9.97 Å². The maximum absolute atomic E-state index is 8.88. The molecule has 1 aliphatic carbocycles. The predicted octanol–water partition coefficient (Wildman–Crippen LogP) is 0.809. The molecule has 1 heterocycles. The summed E-state index contributed by atoms with van der Waals surface area (Å²) >= 11 is 0. The first-order valence-corrected chi connectivity index (χ1v) is 4.77. The van der Waals surface area contributed by atoms with Crippen molar-refractivity contribution in [2.24, 2.45) is 0 Å². The largest absolute Gasteiger partial charge is 0.396 e. The minimum absolute atomic E-state index is 0.183. The highest BCUT2D eigenvalue weighted by Gasteiger charge is 2.17. The van der Waals surface area contributed by atoms with E-state index in [4.69, 9.17) is 5.11 Å². The lowest BCUT2D eigenvalue weighted by molar-refractivity contribution is 0.297. The van der Waals surface area contributed by atoms with Gasteiger partial charge in [0.25, 0.3) is 0 Å². The predicted molar refractivity (Wildman–Crippen MR) is 49.6 cm³/mol. The number of rotatable bonds is 2. The van der Waals surface area contributed by atoms with Gasteiger partial charge in [0, 0.05) is 24.4 Å². The third kappa shape index (κ3) is 1.56. The molecule has 0 spiro atoms. The maximum Gasteiger partial charge on any atom is 0.125 e. The molecule has 0 amide bonds. The zero-order chi connectivity index (χ0) is 9.26. The highest BCUT2D eigenvalue weighted by Crippen LogP contribution is 2.22. The first-order chi connectivity index (χ1) is 6.31. The lowest BCUT2D eigenvalue weighted by Gasteiger charge is -2.06.